The molecular formula is C16H16F2N2O4S. The fourth-order valence-corrected chi connectivity index (χ4v) is 3.04. The van der Waals surface area contributed by atoms with Crippen molar-refractivity contribution in [3.63, 3.8) is 0 Å². The van der Waals surface area contributed by atoms with Crippen molar-refractivity contribution in [2.75, 3.05) is 6.54 Å². The van der Waals surface area contributed by atoms with E-state index < -0.39 is 12.6 Å². The maximum Gasteiger partial charge on any atom is 0.387 e. The van der Waals surface area contributed by atoms with Crippen LogP contribution < -0.4 is 10.1 Å². The molecule has 0 bridgehead atoms. The van der Waals surface area contributed by atoms with Crippen molar-refractivity contribution < 1.29 is 28.2 Å². The zero-order chi connectivity index (χ0) is 18.6. The highest BCUT2D eigenvalue weighted by Gasteiger charge is 2.15. The molecule has 2 rings (SSSR count). The van der Waals surface area contributed by atoms with Crippen LogP contribution in [0.5, 0.6) is 5.75 Å². The van der Waals surface area contributed by atoms with Crippen LogP contribution in [0, 0.1) is 13.8 Å². The molecule has 2 aromatic rings. The molecule has 0 radical (unpaired) electrons. The van der Waals surface area contributed by atoms with Crippen molar-refractivity contribution in [3.8, 4) is 5.75 Å². The van der Waals surface area contributed by atoms with Gasteiger partial charge in [-0.3, -0.25) is 4.79 Å². The van der Waals surface area contributed by atoms with Gasteiger partial charge in [-0.05, 0) is 37.1 Å². The van der Waals surface area contributed by atoms with Crippen LogP contribution in [0.2, 0.25) is 0 Å². The summed E-state index contributed by atoms with van der Waals surface area (Å²) in [7, 11) is 0. The van der Waals surface area contributed by atoms with E-state index in [1.165, 1.54) is 28.8 Å². The molecule has 6 nitrogen and oxygen atoms in total. The minimum Gasteiger partial charge on any atom is -0.476 e. The molecule has 1 aromatic carbocycles. The van der Waals surface area contributed by atoms with Crippen LogP contribution in [0.4, 0.5) is 8.78 Å². The molecule has 1 amide bonds. The highest BCUT2D eigenvalue weighted by molar-refractivity contribution is 7.09. The molecule has 0 fully saturated rings. The summed E-state index contributed by atoms with van der Waals surface area (Å²) in [5.41, 5.74) is 1.20. The van der Waals surface area contributed by atoms with Crippen molar-refractivity contribution >= 4 is 23.2 Å². The molecule has 0 aliphatic rings. The third-order valence-corrected chi connectivity index (χ3v) is 4.23. The molecule has 2 N–H and O–H groups in total. The Morgan fingerprint density at radius 3 is 2.48 bits per heavy atom. The quantitative estimate of drug-likeness (QED) is 0.782. The summed E-state index contributed by atoms with van der Waals surface area (Å²) in [6.45, 7) is 0.527. The Kier molecular flexibility index (Phi) is 6.02. The maximum atomic E-state index is 12.4. The van der Waals surface area contributed by atoms with Gasteiger partial charge in [0.15, 0.2) is 5.69 Å². The number of amides is 1. The number of alkyl halides is 2. The summed E-state index contributed by atoms with van der Waals surface area (Å²) in [6, 6.07) is 2.96. The van der Waals surface area contributed by atoms with Crippen LogP contribution in [-0.2, 0) is 6.42 Å². The fourth-order valence-electron chi connectivity index (χ4n) is 2.27. The Labute approximate surface area is 146 Å². The molecule has 1 heterocycles. The van der Waals surface area contributed by atoms with Gasteiger partial charge in [-0.2, -0.15) is 8.78 Å². The Balaban J connectivity index is 1.97. The number of nitrogens with one attached hydrogen (secondary N) is 1. The van der Waals surface area contributed by atoms with E-state index in [1.54, 1.807) is 13.8 Å². The molecule has 0 aliphatic carbocycles. The Bertz CT molecular complexity index is 769. The lowest BCUT2D eigenvalue weighted by Crippen LogP contribution is -2.26. The number of nitrogens with zero attached hydrogens (tertiary/aromatic N) is 1. The number of carbonyl (C=O) groups is 2. The van der Waals surface area contributed by atoms with Crippen molar-refractivity contribution in [2.45, 2.75) is 26.9 Å². The van der Waals surface area contributed by atoms with Crippen LogP contribution >= 0.6 is 11.3 Å². The maximum absolute atomic E-state index is 12.4. The second-order valence-electron chi connectivity index (χ2n) is 5.26. The summed E-state index contributed by atoms with van der Waals surface area (Å²) in [4.78, 5) is 26.9. The summed E-state index contributed by atoms with van der Waals surface area (Å²) < 4.78 is 29.2. The van der Waals surface area contributed by atoms with Crippen LogP contribution in [0.15, 0.2) is 17.5 Å². The third-order valence-electron chi connectivity index (χ3n) is 3.32. The van der Waals surface area contributed by atoms with Crippen LogP contribution in [0.25, 0.3) is 0 Å². The SMILES string of the molecule is Cc1cc(C(=O)NCCc2nc(C(=O)O)cs2)cc(C)c1OC(F)F. The average Bonchev–Trinajstić information content (AvgIpc) is 2.99. The van der Waals surface area contributed by atoms with Crippen molar-refractivity contribution in [1.82, 2.24) is 10.3 Å². The predicted molar refractivity (Wildman–Crippen MR) is 87.7 cm³/mol. The predicted octanol–water partition coefficient (Wildman–Crippen LogP) is 3.03. The molecule has 1 aromatic heterocycles. The van der Waals surface area contributed by atoms with E-state index in [4.69, 9.17) is 5.11 Å². The van der Waals surface area contributed by atoms with Gasteiger partial charge >= 0.3 is 12.6 Å². The standard InChI is InChI=1S/C16H16F2N2O4S/c1-8-5-10(6-9(2)13(8)24-16(17)18)14(21)19-4-3-12-20-11(7-25-12)15(22)23/h5-7,16H,3-4H2,1-2H3,(H,19,21)(H,22,23). The van der Waals surface area contributed by atoms with Gasteiger partial charge in [-0.1, -0.05) is 0 Å². The number of aromatic nitrogens is 1. The highest BCUT2D eigenvalue weighted by Crippen LogP contribution is 2.26. The van der Waals surface area contributed by atoms with Crippen molar-refractivity contribution in [1.29, 1.82) is 0 Å². The first-order valence-corrected chi connectivity index (χ1v) is 8.18. The Morgan fingerprint density at radius 2 is 1.96 bits per heavy atom. The van der Waals surface area contributed by atoms with E-state index in [2.05, 4.69) is 15.0 Å². The number of aryl methyl sites for hydroxylation is 2. The number of hydrogen-bond donors (Lipinski definition) is 2. The molecule has 134 valence electrons. The van der Waals surface area contributed by atoms with Gasteiger partial charge in [-0.25, -0.2) is 9.78 Å². The number of aromatic carboxylic acids is 1. The molecular weight excluding hydrogens is 354 g/mol. The lowest BCUT2D eigenvalue weighted by atomic mass is 10.1. The molecule has 0 unspecified atom stereocenters. The minimum absolute atomic E-state index is 0.0211. The zero-order valence-corrected chi connectivity index (χ0v) is 14.3. The van der Waals surface area contributed by atoms with E-state index in [-0.39, 0.29) is 23.9 Å². The lowest BCUT2D eigenvalue weighted by molar-refractivity contribution is -0.0507. The van der Waals surface area contributed by atoms with Crippen LogP contribution in [0.1, 0.15) is 37.0 Å². The first kappa shape index (κ1) is 18.8. The summed E-state index contributed by atoms with van der Waals surface area (Å²) in [5.74, 6) is -1.39. The van der Waals surface area contributed by atoms with E-state index in [1.807, 2.05) is 0 Å². The normalized spacial score (nSPS) is 10.8. The molecule has 0 aliphatic heterocycles. The van der Waals surface area contributed by atoms with Gasteiger partial charge in [0.05, 0.1) is 5.01 Å². The largest absolute Gasteiger partial charge is 0.476 e. The number of thiazole rings is 1. The number of hydrogen-bond acceptors (Lipinski definition) is 5. The number of carboxylic acid groups (broad SMARTS) is 1. The third kappa shape index (κ3) is 4.96. The van der Waals surface area contributed by atoms with Gasteiger partial charge in [0.1, 0.15) is 5.75 Å². The van der Waals surface area contributed by atoms with Gasteiger partial charge < -0.3 is 15.2 Å². The smallest absolute Gasteiger partial charge is 0.387 e. The van der Waals surface area contributed by atoms with Crippen LogP contribution in [0.3, 0.4) is 0 Å². The fraction of sp³-hybridized carbons (Fsp3) is 0.312. The topological polar surface area (TPSA) is 88.5 Å². The zero-order valence-electron chi connectivity index (χ0n) is 13.5. The van der Waals surface area contributed by atoms with Gasteiger partial charge in [0, 0.05) is 23.9 Å². The molecule has 0 spiro atoms. The number of ether oxygens (including phenoxy) is 1. The highest BCUT2D eigenvalue weighted by atomic mass is 32.1. The van der Waals surface area contributed by atoms with Gasteiger partial charge in [0.25, 0.3) is 5.91 Å². The number of halogens is 2. The Morgan fingerprint density at radius 1 is 1.32 bits per heavy atom. The lowest BCUT2D eigenvalue weighted by Gasteiger charge is -2.13. The van der Waals surface area contributed by atoms with E-state index in [0.717, 1.165) is 0 Å². The molecule has 25 heavy (non-hydrogen) atoms. The second-order valence-corrected chi connectivity index (χ2v) is 6.20. The number of rotatable bonds is 7. The monoisotopic (exact) mass is 370 g/mol. The van der Waals surface area contributed by atoms with E-state index in [0.29, 0.717) is 28.1 Å². The first-order chi connectivity index (χ1) is 11.8. The van der Waals surface area contributed by atoms with Crippen molar-refractivity contribution in [2.24, 2.45) is 0 Å². The first-order valence-electron chi connectivity index (χ1n) is 7.30. The molecule has 0 atom stereocenters. The van der Waals surface area contributed by atoms with Crippen LogP contribution in [-0.4, -0.2) is 35.1 Å². The summed E-state index contributed by atoms with van der Waals surface area (Å²) in [5, 5.41) is 13.5. The summed E-state index contributed by atoms with van der Waals surface area (Å²) in [6.07, 6.45) is 0.397. The number of carbonyl (C=O) groups excluding carboxylic acids is 1. The van der Waals surface area contributed by atoms with Crippen molar-refractivity contribution in [3.05, 3.63) is 44.9 Å². The second kappa shape index (κ2) is 8.02. The Hall–Kier alpha value is -2.55. The average molecular weight is 370 g/mol. The van der Waals surface area contributed by atoms with E-state index in [9.17, 15) is 18.4 Å². The number of benzene rings is 1. The van der Waals surface area contributed by atoms with E-state index >= 15 is 0 Å². The summed E-state index contributed by atoms with van der Waals surface area (Å²) >= 11 is 1.21. The molecule has 0 saturated carbocycles. The van der Waals surface area contributed by atoms with Gasteiger partial charge in [-0.15, -0.1) is 11.3 Å². The minimum atomic E-state index is -2.92. The molecule has 0 saturated heterocycles. The number of carboxylic acids is 1. The van der Waals surface area contributed by atoms with Gasteiger partial charge in [0.2, 0.25) is 0 Å². The molecule has 9 heteroatoms.